The average Bonchev–Trinajstić information content (AvgIpc) is 2.74. The third kappa shape index (κ3) is 1.78. The van der Waals surface area contributed by atoms with Crippen LogP contribution < -0.4 is 5.32 Å². The quantitative estimate of drug-likeness (QED) is 0.730. The molecule has 3 heteroatoms. The largest absolute Gasteiger partial charge is 0.338 e. The normalized spacial score (nSPS) is 30.8. The first-order valence-corrected chi connectivity index (χ1v) is 5.83. The number of carbonyl (C=O) groups is 1. The third-order valence-electron chi connectivity index (χ3n) is 3.51. The van der Waals surface area contributed by atoms with Gasteiger partial charge in [-0.25, -0.2) is 0 Å². The number of hydrogen-bond acceptors (Lipinski definition) is 2. The summed E-state index contributed by atoms with van der Waals surface area (Å²) in [6.07, 6.45) is 4.11. The number of amides is 1. The van der Waals surface area contributed by atoms with E-state index in [1.807, 2.05) is 0 Å². The number of fused-ring (bicyclic) bond motifs is 1. The zero-order valence-corrected chi connectivity index (χ0v) is 8.96. The Morgan fingerprint density at radius 2 is 2.36 bits per heavy atom. The van der Waals surface area contributed by atoms with Crippen molar-refractivity contribution >= 4 is 5.91 Å². The summed E-state index contributed by atoms with van der Waals surface area (Å²) in [7, 11) is 0. The summed E-state index contributed by atoms with van der Waals surface area (Å²) >= 11 is 0. The molecule has 0 bridgehead atoms. The van der Waals surface area contributed by atoms with E-state index in [4.69, 9.17) is 0 Å². The van der Waals surface area contributed by atoms with Gasteiger partial charge < -0.3 is 10.2 Å². The Labute approximate surface area is 85.8 Å². The molecule has 2 saturated heterocycles. The van der Waals surface area contributed by atoms with E-state index in [0.717, 1.165) is 44.8 Å². The molecule has 1 N–H and O–H groups in total. The van der Waals surface area contributed by atoms with E-state index in [9.17, 15) is 4.79 Å². The maximum absolute atomic E-state index is 11.8. The van der Waals surface area contributed by atoms with E-state index in [0.29, 0.717) is 11.9 Å². The van der Waals surface area contributed by atoms with Gasteiger partial charge in [-0.1, -0.05) is 13.3 Å². The van der Waals surface area contributed by atoms with Crippen molar-refractivity contribution in [2.24, 2.45) is 5.92 Å². The fraction of sp³-hybridized carbons (Fsp3) is 0.909. The van der Waals surface area contributed by atoms with Gasteiger partial charge in [0, 0.05) is 32.1 Å². The molecule has 0 aromatic heterocycles. The number of nitrogens with one attached hydrogen (secondary N) is 1. The molecule has 0 aliphatic carbocycles. The van der Waals surface area contributed by atoms with Crippen molar-refractivity contribution in [1.82, 2.24) is 10.2 Å². The van der Waals surface area contributed by atoms with E-state index in [2.05, 4.69) is 17.1 Å². The lowest BCUT2D eigenvalue weighted by Gasteiger charge is -2.23. The molecule has 3 nitrogen and oxygen atoms in total. The predicted octanol–water partition coefficient (Wildman–Crippen LogP) is 0.997. The van der Waals surface area contributed by atoms with Crippen LogP contribution >= 0.6 is 0 Å². The van der Waals surface area contributed by atoms with E-state index in [-0.39, 0.29) is 0 Å². The number of likely N-dealkylation sites (tertiary alicyclic amines) is 1. The monoisotopic (exact) mass is 196 g/mol. The van der Waals surface area contributed by atoms with Crippen molar-refractivity contribution in [3.8, 4) is 0 Å². The summed E-state index contributed by atoms with van der Waals surface area (Å²) in [5, 5.41) is 3.37. The van der Waals surface area contributed by atoms with Crippen molar-refractivity contribution in [2.45, 2.75) is 38.6 Å². The lowest BCUT2D eigenvalue weighted by Crippen LogP contribution is -2.38. The summed E-state index contributed by atoms with van der Waals surface area (Å²) in [5.74, 6) is 1.11. The highest BCUT2D eigenvalue weighted by Crippen LogP contribution is 2.27. The first-order valence-electron chi connectivity index (χ1n) is 5.83. The molecule has 0 unspecified atom stereocenters. The highest BCUT2D eigenvalue weighted by atomic mass is 16.2. The molecule has 2 atom stereocenters. The van der Waals surface area contributed by atoms with Crippen LogP contribution in [-0.4, -0.2) is 36.5 Å². The lowest BCUT2D eigenvalue weighted by atomic mass is 10.1. The van der Waals surface area contributed by atoms with Crippen molar-refractivity contribution in [2.75, 3.05) is 19.6 Å². The van der Waals surface area contributed by atoms with Crippen LogP contribution in [0, 0.1) is 5.92 Å². The summed E-state index contributed by atoms with van der Waals surface area (Å²) in [5.41, 5.74) is 0. The van der Waals surface area contributed by atoms with Crippen LogP contribution in [0.2, 0.25) is 0 Å². The zero-order valence-electron chi connectivity index (χ0n) is 8.96. The Balaban J connectivity index is 1.88. The molecule has 0 aromatic rings. The Hall–Kier alpha value is -0.570. The number of carbonyl (C=O) groups excluding carboxylic acids is 1. The van der Waals surface area contributed by atoms with Gasteiger partial charge in [0.25, 0.3) is 0 Å². The summed E-state index contributed by atoms with van der Waals surface area (Å²) in [4.78, 5) is 14.0. The fourth-order valence-electron chi connectivity index (χ4n) is 2.63. The van der Waals surface area contributed by atoms with E-state index in [1.165, 1.54) is 6.42 Å². The van der Waals surface area contributed by atoms with Gasteiger partial charge in [-0.15, -0.1) is 0 Å². The Bertz CT molecular complexity index is 217. The highest BCUT2D eigenvalue weighted by Gasteiger charge is 2.39. The van der Waals surface area contributed by atoms with Crippen molar-refractivity contribution in [3.05, 3.63) is 0 Å². The van der Waals surface area contributed by atoms with Crippen molar-refractivity contribution < 1.29 is 4.79 Å². The molecule has 2 rings (SSSR count). The standard InChI is InChI=1S/C11H20N2O/c1-2-3-4-11(14)13-6-5-9-7-12-8-10(9)13/h9-10,12H,2-8H2,1H3/t9-,10+/m1/s1. The Morgan fingerprint density at radius 1 is 1.50 bits per heavy atom. The second kappa shape index (κ2) is 4.30. The number of nitrogens with zero attached hydrogens (tertiary/aromatic N) is 1. The van der Waals surface area contributed by atoms with Gasteiger partial charge in [-0.2, -0.15) is 0 Å². The van der Waals surface area contributed by atoms with Crippen molar-refractivity contribution in [3.63, 3.8) is 0 Å². The molecule has 0 saturated carbocycles. The minimum atomic E-state index is 0.378. The fourth-order valence-corrected chi connectivity index (χ4v) is 2.63. The van der Waals surface area contributed by atoms with Crippen LogP contribution in [0.4, 0.5) is 0 Å². The third-order valence-corrected chi connectivity index (χ3v) is 3.51. The van der Waals surface area contributed by atoms with E-state index < -0.39 is 0 Å². The van der Waals surface area contributed by atoms with Gasteiger partial charge in [0.2, 0.25) is 5.91 Å². The van der Waals surface area contributed by atoms with E-state index >= 15 is 0 Å². The molecule has 0 radical (unpaired) electrons. The second-order valence-electron chi connectivity index (χ2n) is 4.47. The minimum absolute atomic E-state index is 0.378. The van der Waals surface area contributed by atoms with Gasteiger partial charge in [-0.05, 0) is 18.8 Å². The predicted molar refractivity (Wildman–Crippen MR) is 56.0 cm³/mol. The maximum atomic E-state index is 11.8. The number of hydrogen-bond donors (Lipinski definition) is 1. The van der Waals surface area contributed by atoms with Crippen LogP contribution in [0.25, 0.3) is 0 Å². The number of unbranched alkanes of at least 4 members (excludes halogenated alkanes) is 1. The molecule has 2 aliphatic heterocycles. The molecule has 2 heterocycles. The second-order valence-corrected chi connectivity index (χ2v) is 4.47. The van der Waals surface area contributed by atoms with Crippen LogP contribution in [0.1, 0.15) is 32.6 Å². The molecule has 0 spiro atoms. The molecule has 14 heavy (non-hydrogen) atoms. The molecule has 2 fully saturated rings. The first-order chi connectivity index (χ1) is 6.83. The molecule has 1 amide bonds. The Kier molecular flexibility index (Phi) is 3.06. The topological polar surface area (TPSA) is 32.3 Å². The smallest absolute Gasteiger partial charge is 0.222 e. The molecule has 0 aromatic carbocycles. The van der Waals surface area contributed by atoms with E-state index in [1.54, 1.807) is 0 Å². The Morgan fingerprint density at radius 3 is 3.14 bits per heavy atom. The number of rotatable bonds is 3. The highest BCUT2D eigenvalue weighted by molar-refractivity contribution is 5.77. The summed E-state index contributed by atoms with van der Waals surface area (Å²) < 4.78 is 0. The van der Waals surface area contributed by atoms with Crippen LogP contribution in [-0.2, 0) is 4.79 Å². The first kappa shape index (κ1) is 9.97. The SMILES string of the molecule is CCCCC(=O)N1CC[C@@H]2CNC[C@@H]21. The van der Waals surface area contributed by atoms with Crippen molar-refractivity contribution in [1.29, 1.82) is 0 Å². The van der Waals surface area contributed by atoms with Crippen LogP contribution in [0.15, 0.2) is 0 Å². The summed E-state index contributed by atoms with van der Waals surface area (Å²) in [6.45, 7) is 5.27. The lowest BCUT2D eigenvalue weighted by molar-refractivity contribution is -0.132. The van der Waals surface area contributed by atoms with Crippen LogP contribution in [0.3, 0.4) is 0 Å². The molecular weight excluding hydrogens is 176 g/mol. The van der Waals surface area contributed by atoms with Gasteiger partial charge >= 0.3 is 0 Å². The summed E-state index contributed by atoms with van der Waals surface area (Å²) in [6, 6.07) is 0.513. The van der Waals surface area contributed by atoms with Gasteiger partial charge in [0.15, 0.2) is 0 Å². The molecule has 2 aliphatic rings. The minimum Gasteiger partial charge on any atom is -0.338 e. The van der Waals surface area contributed by atoms with Gasteiger partial charge in [0.05, 0.1) is 0 Å². The average molecular weight is 196 g/mol. The van der Waals surface area contributed by atoms with Gasteiger partial charge in [-0.3, -0.25) is 4.79 Å². The van der Waals surface area contributed by atoms with Crippen LogP contribution in [0.5, 0.6) is 0 Å². The molecule has 80 valence electrons. The zero-order chi connectivity index (χ0) is 9.97. The maximum Gasteiger partial charge on any atom is 0.222 e. The molecular formula is C11H20N2O. The van der Waals surface area contributed by atoms with Gasteiger partial charge in [0.1, 0.15) is 0 Å².